The Morgan fingerprint density at radius 1 is 1.21 bits per heavy atom. The van der Waals surface area contributed by atoms with Crippen molar-refractivity contribution in [1.29, 1.82) is 0 Å². The molecular formula is C14H26N2O3. The summed E-state index contributed by atoms with van der Waals surface area (Å²) in [4.78, 5) is 26.2. The van der Waals surface area contributed by atoms with E-state index in [1.165, 1.54) is 0 Å². The van der Waals surface area contributed by atoms with Crippen LogP contribution in [0.25, 0.3) is 0 Å². The summed E-state index contributed by atoms with van der Waals surface area (Å²) in [5.41, 5.74) is -0.772. The fraction of sp³-hybridized carbons (Fsp3) is 0.857. The summed E-state index contributed by atoms with van der Waals surface area (Å²) >= 11 is 0. The third-order valence-electron chi connectivity index (χ3n) is 3.63. The Morgan fingerprint density at radius 2 is 1.74 bits per heavy atom. The molecule has 2 amide bonds. The number of amides is 2. The summed E-state index contributed by atoms with van der Waals surface area (Å²) in [5, 5.41) is 2.82. The van der Waals surface area contributed by atoms with Gasteiger partial charge in [-0.15, -0.1) is 0 Å². The number of ether oxygens (including phenoxy) is 1. The molecule has 1 saturated heterocycles. The Hall–Kier alpha value is -1.10. The summed E-state index contributed by atoms with van der Waals surface area (Å²) in [6.45, 7) is 11.8. The highest BCUT2D eigenvalue weighted by molar-refractivity contribution is 5.97. The van der Waals surface area contributed by atoms with Crippen molar-refractivity contribution in [1.82, 2.24) is 10.2 Å². The van der Waals surface area contributed by atoms with Crippen molar-refractivity contribution in [2.45, 2.75) is 59.2 Å². The predicted octanol–water partition coefficient (Wildman–Crippen LogP) is 1.17. The van der Waals surface area contributed by atoms with Gasteiger partial charge in [0.15, 0.2) is 0 Å². The molecule has 110 valence electrons. The SMILES string of the molecule is COC(C)(C)CN1C(=O)C(C(C)(C)C)NC(=O)C1C. The Bertz CT molecular complexity index is 371. The summed E-state index contributed by atoms with van der Waals surface area (Å²) in [7, 11) is 1.61. The van der Waals surface area contributed by atoms with Crippen molar-refractivity contribution < 1.29 is 14.3 Å². The van der Waals surface area contributed by atoms with Crippen molar-refractivity contribution in [3.05, 3.63) is 0 Å². The van der Waals surface area contributed by atoms with E-state index in [0.717, 1.165) is 0 Å². The molecule has 1 aliphatic heterocycles. The molecule has 0 aromatic rings. The average molecular weight is 270 g/mol. The largest absolute Gasteiger partial charge is 0.377 e. The van der Waals surface area contributed by atoms with Crippen LogP contribution in [0.1, 0.15) is 41.5 Å². The number of carbonyl (C=O) groups is 2. The molecule has 0 aromatic carbocycles. The van der Waals surface area contributed by atoms with Crippen molar-refractivity contribution in [2.75, 3.05) is 13.7 Å². The summed E-state index contributed by atoms with van der Waals surface area (Å²) < 4.78 is 5.37. The number of hydrogen-bond acceptors (Lipinski definition) is 3. The van der Waals surface area contributed by atoms with Gasteiger partial charge in [-0.3, -0.25) is 9.59 Å². The van der Waals surface area contributed by atoms with Crippen molar-refractivity contribution >= 4 is 11.8 Å². The van der Waals surface area contributed by atoms with Gasteiger partial charge in [0.05, 0.1) is 5.60 Å². The van der Waals surface area contributed by atoms with Gasteiger partial charge in [0.1, 0.15) is 12.1 Å². The molecule has 19 heavy (non-hydrogen) atoms. The van der Waals surface area contributed by atoms with Gasteiger partial charge in [0.2, 0.25) is 11.8 Å². The molecule has 0 bridgehead atoms. The molecule has 2 atom stereocenters. The summed E-state index contributed by atoms with van der Waals surface area (Å²) in [6.07, 6.45) is 0. The van der Waals surface area contributed by atoms with Crippen LogP contribution in [-0.4, -0.2) is 48.1 Å². The number of piperazine rings is 1. The molecule has 1 N–H and O–H groups in total. The van der Waals surface area contributed by atoms with E-state index in [1.54, 1.807) is 18.9 Å². The van der Waals surface area contributed by atoms with Gasteiger partial charge in [-0.05, 0) is 26.2 Å². The smallest absolute Gasteiger partial charge is 0.246 e. The lowest BCUT2D eigenvalue weighted by atomic mass is 9.83. The minimum atomic E-state index is -0.483. The molecule has 0 saturated carbocycles. The van der Waals surface area contributed by atoms with E-state index >= 15 is 0 Å². The van der Waals surface area contributed by atoms with E-state index in [1.807, 2.05) is 34.6 Å². The standard InChI is InChI=1S/C14H26N2O3/c1-9-11(17)15-10(13(2,3)4)12(18)16(9)8-14(5,6)19-7/h9-10H,8H2,1-7H3,(H,15,17). The fourth-order valence-electron chi connectivity index (χ4n) is 2.10. The second-order valence-corrected chi connectivity index (χ2v) is 6.91. The minimum absolute atomic E-state index is 0.0373. The molecule has 0 spiro atoms. The maximum absolute atomic E-state index is 12.6. The molecule has 0 aromatic heterocycles. The Balaban J connectivity index is 3.00. The number of rotatable bonds is 3. The quantitative estimate of drug-likeness (QED) is 0.837. The highest BCUT2D eigenvalue weighted by Crippen LogP contribution is 2.26. The third kappa shape index (κ3) is 3.47. The first-order valence-electron chi connectivity index (χ1n) is 6.65. The zero-order valence-electron chi connectivity index (χ0n) is 13.0. The van der Waals surface area contributed by atoms with Crippen LogP contribution in [0.3, 0.4) is 0 Å². The lowest BCUT2D eigenvalue weighted by Gasteiger charge is -2.44. The second kappa shape index (κ2) is 5.12. The normalized spacial score (nSPS) is 25.5. The number of methoxy groups -OCH3 is 1. The number of hydrogen-bond donors (Lipinski definition) is 1. The number of nitrogens with one attached hydrogen (secondary N) is 1. The summed E-state index contributed by atoms with van der Waals surface area (Å²) in [5.74, 6) is -0.142. The van der Waals surface area contributed by atoms with E-state index in [2.05, 4.69) is 5.32 Å². The minimum Gasteiger partial charge on any atom is -0.377 e. The van der Waals surface area contributed by atoms with E-state index < -0.39 is 17.7 Å². The van der Waals surface area contributed by atoms with Gasteiger partial charge < -0.3 is 15.0 Å². The van der Waals surface area contributed by atoms with Gasteiger partial charge in [-0.25, -0.2) is 0 Å². The molecule has 1 rings (SSSR count). The highest BCUT2D eigenvalue weighted by Gasteiger charge is 2.44. The molecule has 5 nitrogen and oxygen atoms in total. The van der Waals surface area contributed by atoms with Crippen LogP contribution in [0.5, 0.6) is 0 Å². The lowest BCUT2D eigenvalue weighted by molar-refractivity contribution is -0.155. The van der Waals surface area contributed by atoms with Crippen LogP contribution in [0.2, 0.25) is 0 Å². The molecular weight excluding hydrogens is 244 g/mol. The first-order valence-corrected chi connectivity index (χ1v) is 6.65. The first-order chi connectivity index (χ1) is 8.49. The van der Waals surface area contributed by atoms with Crippen LogP contribution in [0.4, 0.5) is 0 Å². The Labute approximate surface area is 115 Å². The van der Waals surface area contributed by atoms with Gasteiger partial charge in [0, 0.05) is 13.7 Å². The topological polar surface area (TPSA) is 58.6 Å². The molecule has 1 aliphatic rings. The van der Waals surface area contributed by atoms with Gasteiger partial charge in [-0.1, -0.05) is 20.8 Å². The number of nitrogens with zero attached hydrogens (tertiary/aromatic N) is 1. The van der Waals surface area contributed by atoms with Gasteiger partial charge in [0.25, 0.3) is 0 Å². The zero-order valence-corrected chi connectivity index (χ0v) is 13.0. The fourth-order valence-corrected chi connectivity index (χ4v) is 2.10. The van der Waals surface area contributed by atoms with Crippen LogP contribution >= 0.6 is 0 Å². The first kappa shape index (κ1) is 16.0. The summed E-state index contributed by atoms with van der Waals surface area (Å²) in [6, 6.07) is -0.940. The van der Waals surface area contributed by atoms with E-state index in [0.29, 0.717) is 6.54 Å². The predicted molar refractivity (Wildman–Crippen MR) is 73.6 cm³/mol. The zero-order chi connectivity index (χ0) is 15.0. The van der Waals surface area contributed by atoms with Gasteiger partial charge >= 0.3 is 0 Å². The van der Waals surface area contributed by atoms with Crippen molar-refractivity contribution in [3.8, 4) is 0 Å². The molecule has 5 heteroatoms. The van der Waals surface area contributed by atoms with Crippen molar-refractivity contribution in [3.63, 3.8) is 0 Å². The third-order valence-corrected chi connectivity index (χ3v) is 3.63. The van der Waals surface area contributed by atoms with Crippen LogP contribution in [0, 0.1) is 5.41 Å². The van der Waals surface area contributed by atoms with Crippen LogP contribution < -0.4 is 5.32 Å². The second-order valence-electron chi connectivity index (χ2n) is 6.91. The maximum Gasteiger partial charge on any atom is 0.246 e. The monoisotopic (exact) mass is 270 g/mol. The van der Waals surface area contributed by atoms with E-state index in [9.17, 15) is 9.59 Å². The Kier molecular flexibility index (Phi) is 4.30. The van der Waals surface area contributed by atoms with Gasteiger partial charge in [-0.2, -0.15) is 0 Å². The number of carbonyl (C=O) groups excluding carboxylic acids is 2. The molecule has 0 radical (unpaired) electrons. The highest BCUT2D eigenvalue weighted by atomic mass is 16.5. The molecule has 2 unspecified atom stereocenters. The Morgan fingerprint density at radius 3 is 2.16 bits per heavy atom. The maximum atomic E-state index is 12.6. The average Bonchev–Trinajstić information content (AvgIpc) is 2.28. The van der Waals surface area contributed by atoms with Crippen LogP contribution in [0.15, 0.2) is 0 Å². The van der Waals surface area contributed by atoms with Crippen molar-refractivity contribution in [2.24, 2.45) is 5.41 Å². The van der Waals surface area contributed by atoms with E-state index in [-0.39, 0.29) is 17.2 Å². The lowest BCUT2D eigenvalue weighted by Crippen LogP contribution is -2.67. The molecule has 1 heterocycles. The molecule has 1 fully saturated rings. The van der Waals surface area contributed by atoms with E-state index in [4.69, 9.17) is 4.74 Å². The van der Waals surface area contributed by atoms with Crippen LogP contribution in [-0.2, 0) is 14.3 Å². The molecule has 0 aliphatic carbocycles.